The van der Waals surface area contributed by atoms with Gasteiger partial charge in [-0.3, -0.25) is 19.3 Å². The Morgan fingerprint density at radius 1 is 1.12 bits per heavy atom. The second-order valence-corrected chi connectivity index (χ2v) is 10.5. The van der Waals surface area contributed by atoms with Gasteiger partial charge in [0, 0.05) is 43.4 Å². The minimum atomic E-state index is -0.858. The highest BCUT2D eigenvalue weighted by molar-refractivity contribution is 5.71. The molecule has 1 N–H and O–H groups in total. The minimum Gasteiger partial charge on any atom is -0.502 e. The maximum atomic E-state index is 12.9. The second kappa shape index (κ2) is 10.4. The molecule has 1 aromatic carbocycles. The smallest absolute Gasteiger partial charge is 0.306 e. The van der Waals surface area contributed by atoms with Crippen molar-refractivity contribution in [2.24, 2.45) is 5.92 Å². The van der Waals surface area contributed by atoms with E-state index in [1.165, 1.54) is 20.3 Å². The Morgan fingerprint density at radius 3 is 2.77 bits per heavy atom. The van der Waals surface area contributed by atoms with Gasteiger partial charge in [-0.1, -0.05) is 6.07 Å². The number of rotatable bonds is 7. The first-order valence-corrected chi connectivity index (χ1v) is 13.2. The van der Waals surface area contributed by atoms with E-state index in [0.29, 0.717) is 54.1 Å². The Morgan fingerprint density at radius 2 is 1.98 bits per heavy atom. The summed E-state index contributed by atoms with van der Waals surface area (Å²) >= 11 is 0. The number of hydrogen-bond donors (Lipinski definition) is 1. The summed E-state index contributed by atoms with van der Waals surface area (Å²) in [5, 5.41) is 10.8. The highest BCUT2D eigenvalue weighted by Gasteiger charge is 2.35. The third-order valence-corrected chi connectivity index (χ3v) is 7.93. The van der Waals surface area contributed by atoms with Crippen molar-refractivity contribution in [3.8, 4) is 23.0 Å². The molecule has 0 aliphatic carbocycles. The van der Waals surface area contributed by atoms with Crippen LogP contribution in [-0.2, 0) is 22.6 Å². The molecule has 5 heterocycles. The molecular weight excluding hydrogens is 520 g/mol. The Kier molecular flexibility index (Phi) is 6.75. The van der Waals surface area contributed by atoms with Crippen LogP contribution in [0.2, 0.25) is 0 Å². The fourth-order valence-corrected chi connectivity index (χ4v) is 6.18. The molecule has 0 spiro atoms. The van der Waals surface area contributed by atoms with E-state index in [1.54, 1.807) is 24.3 Å². The van der Waals surface area contributed by atoms with E-state index in [9.17, 15) is 19.5 Å². The van der Waals surface area contributed by atoms with E-state index in [0.717, 1.165) is 18.7 Å². The normalized spacial score (nSPS) is 20.1. The van der Waals surface area contributed by atoms with Crippen molar-refractivity contribution < 1.29 is 33.3 Å². The first-order valence-electron chi connectivity index (χ1n) is 13.2. The van der Waals surface area contributed by atoms with Crippen LogP contribution < -0.4 is 25.2 Å². The van der Waals surface area contributed by atoms with Crippen LogP contribution in [0.1, 0.15) is 47.5 Å². The molecule has 3 aliphatic rings. The summed E-state index contributed by atoms with van der Waals surface area (Å²) in [5.41, 5.74) is 0.965. The highest BCUT2D eigenvalue weighted by Crippen LogP contribution is 2.46. The van der Waals surface area contributed by atoms with Crippen LogP contribution in [0.15, 0.2) is 50.4 Å². The Balaban J connectivity index is 1.34. The summed E-state index contributed by atoms with van der Waals surface area (Å²) in [6.07, 6.45) is 0.802. The molecule has 11 heteroatoms. The number of aromatic hydroxyl groups is 1. The van der Waals surface area contributed by atoms with E-state index >= 15 is 0 Å². The Labute approximate surface area is 229 Å². The first kappa shape index (κ1) is 26.0. The number of carbonyl (C=O) groups is 1. The molecule has 2 bridgehead atoms. The van der Waals surface area contributed by atoms with E-state index in [-0.39, 0.29) is 30.5 Å². The molecule has 6 rings (SSSR count). The summed E-state index contributed by atoms with van der Waals surface area (Å²) in [5.74, 6) is 0.0721. The molecule has 0 unspecified atom stereocenters. The van der Waals surface area contributed by atoms with Gasteiger partial charge in [0.05, 0.1) is 33.1 Å². The fraction of sp³-hybridized carbons (Fsp3) is 0.414. The van der Waals surface area contributed by atoms with Crippen LogP contribution in [0.4, 0.5) is 0 Å². The number of nitrogens with zero attached hydrogens (tertiary/aromatic N) is 2. The molecule has 210 valence electrons. The van der Waals surface area contributed by atoms with Crippen molar-refractivity contribution in [1.82, 2.24) is 9.47 Å². The average molecular weight is 551 g/mol. The highest BCUT2D eigenvalue weighted by atomic mass is 16.7. The summed E-state index contributed by atoms with van der Waals surface area (Å²) in [4.78, 5) is 40.0. The van der Waals surface area contributed by atoms with Gasteiger partial charge in [0.1, 0.15) is 5.76 Å². The zero-order valence-electron chi connectivity index (χ0n) is 22.3. The quantitative estimate of drug-likeness (QED) is 0.438. The van der Waals surface area contributed by atoms with Crippen LogP contribution in [0, 0.1) is 5.92 Å². The number of aromatic nitrogens is 1. The van der Waals surface area contributed by atoms with Crippen molar-refractivity contribution in [2.75, 3.05) is 34.1 Å². The topological polar surface area (TPSA) is 130 Å². The largest absolute Gasteiger partial charge is 0.502 e. The number of esters is 1. The number of carbonyl (C=O) groups excluding carboxylic acids is 1. The van der Waals surface area contributed by atoms with Crippen molar-refractivity contribution in [1.29, 1.82) is 0 Å². The number of piperidine rings is 1. The summed E-state index contributed by atoms with van der Waals surface area (Å²) in [6, 6.07) is 10.0. The van der Waals surface area contributed by atoms with Crippen LogP contribution in [0.25, 0.3) is 0 Å². The van der Waals surface area contributed by atoms with Crippen LogP contribution in [-0.4, -0.2) is 54.6 Å². The van der Waals surface area contributed by atoms with E-state index in [2.05, 4.69) is 4.90 Å². The third-order valence-electron chi connectivity index (χ3n) is 7.93. The molecule has 0 amide bonds. The SMILES string of the molecule is COC(=O)C[C@@H](c1cc(OC)c2c(c1)OCO2)c1oc(CN2C[C@H]3C[C@@H](C2)c2cccc(=O)n2C3)cc(=O)c1O. The zero-order valence-corrected chi connectivity index (χ0v) is 22.3. The molecule has 1 saturated heterocycles. The molecule has 2 aromatic heterocycles. The van der Waals surface area contributed by atoms with Crippen LogP contribution in [0.3, 0.4) is 0 Å². The number of benzene rings is 1. The van der Waals surface area contributed by atoms with Gasteiger partial charge < -0.3 is 33.0 Å². The summed E-state index contributed by atoms with van der Waals surface area (Å²) in [6.45, 7) is 2.44. The van der Waals surface area contributed by atoms with Crippen LogP contribution in [0.5, 0.6) is 23.0 Å². The Bertz CT molecular complexity index is 1580. The standard InChI is InChI=1S/C29H30N2O9/c1-36-23-7-17(8-24-29(23)39-15-38-24)20(10-26(34)37-2)28-27(35)22(32)9-19(40-28)14-30-11-16-6-18(13-30)21-4-3-5-25(33)31(21)12-16/h3-5,7-9,16,18,20,35H,6,10-15H2,1-2H3/t16-,18+,20+/m1/s1. The number of likely N-dealkylation sites (tertiary alicyclic amines) is 1. The summed E-state index contributed by atoms with van der Waals surface area (Å²) < 4.78 is 29.5. The lowest BCUT2D eigenvalue weighted by Crippen LogP contribution is -2.46. The maximum Gasteiger partial charge on any atom is 0.306 e. The van der Waals surface area contributed by atoms with Crippen molar-refractivity contribution in [3.05, 3.63) is 79.8 Å². The molecule has 3 atom stereocenters. The fourth-order valence-electron chi connectivity index (χ4n) is 6.18. The van der Waals surface area contributed by atoms with Crippen molar-refractivity contribution in [2.45, 2.75) is 37.8 Å². The van der Waals surface area contributed by atoms with Gasteiger partial charge in [0.25, 0.3) is 5.56 Å². The van der Waals surface area contributed by atoms with Gasteiger partial charge in [-0.15, -0.1) is 0 Å². The number of methoxy groups -OCH3 is 2. The molecular formula is C29H30N2O9. The monoisotopic (exact) mass is 550 g/mol. The summed E-state index contributed by atoms with van der Waals surface area (Å²) in [7, 11) is 2.75. The molecule has 3 aromatic rings. The van der Waals surface area contributed by atoms with Gasteiger partial charge in [-0.25, -0.2) is 0 Å². The number of fused-ring (bicyclic) bond motifs is 5. The lowest BCUT2D eigenvalue weighted by molar-refractivity contribution is -0.140. The molecule has 0 saturated carbocycles. The van der Waals surface area contributed by atoms with E-state index in [4.69, 9.17) is 23.4 Å². The van der Waals surface area contributed by atoms with Crippen molar-refractivity contribution in [3.63, 3.8) is 0 Å². The van der Waals surface area contributed by atoms with Gasteiger partial charge in [0.15, 0.2) is 17.3 Å². The lowest BCUT2D eigenvalue weighted by atomic mass is 9.83. The van der Waals surface area contributed by atoms with E-state index < -0.39 is 23.1 Å². The van der Waals surface area contributed by atoms with E-state index in [1.807, 2.05) is 10.6 Å². The van der Waals surface area contributed by atoms with Crippen LogP contribution >= 0.6 is 0 Å². The number of hydrogen-bond acceptors (Lipinski definition) is 10. The number of ether oxygens (including phenoxy) is 4. The Hall–Kier alpha value is -4.25. The maximum absolute atomic E-state index is 12.9. The number of pyridine rings is 1. The van der Waals surface area contributed by atoms with Gasteiger partial charge in [-0.05, 0) is 36.1 Å². The molecule has 1 fully saturated rings. The predicted octanol–water partition coefficient (Wildman–Crippen LogP) is 2.56. The minimum absolute atomic E-state index is 0.0174. The molecule has 3 aliphatic heterocycles. The third kappa shape index (κ3) is 4.70. The second-order valence-electron chi connectivity index (χ2n) is 10.5. The van der Waals surface area contributed by atoms with Gasteiger partial charge in [-0.2, -0.15) is 0 Å². The molecule has 0 radical (unpaired) electrons. The zero-order chi connectivity index (χ0) is 28.0. The average Bonchev–Trinajstić information content (AvgIpc) is 3.42. The molecule has 11 nitrogen and oxygen atoms in total. The lowest BCUT2D eigenvalue weighted by Gasteiger charge is -2.42. The van der Waals surface area contributed by atoms with Gasteiger partial charge >= 0.3 is 5.97 Å². The molecule has 40 heavy (non-hydrogen) atoms. The van der Waals surface area contributed by atoms with Gasteiger partial charge in [0.2, 0.25) is 23.7 Å². The van der Waals surface area contributed by atoms with Crippen molar-refractivity contribution >= 4 is 5.97 Å². The predicted molar refractivity (Wildman–Crippen MR) is 141 cm³/mol. The first-order chi connectivity index (χ1) is 19.3.